The molecule has 6 heteroatoms. The van der Waals surface area contributed by atoms with Crippen molar-refractivity contribution in [1.82, 2.24) is 5.32 Å². The molecule has 28 heavy (non-hydrogen) atoms. The Hall–Kier alpha value is -2.86. The van der Waals surface area contributed by atoms with E-state index in [-0.39, 0.29) is 0 Å². The van der Waals surface area contributed by atoms with Gasteiger partial charge in [-0.25, -0.2) is 4.79 Å². The van der Waals surface area contributed by atoms with Crippen LogP contribution in [-0.2, 0) is 9.53 Å². The second kappa shape index (κ2) is 8.02. The van der Waals surface area contributed by atoms with Gasteiger partial charge in [-0.1, -0.05) is 24.3 Å². The number of methoxy groups -OCH3 is 2. The molecule has 0 spiro atoms. The highest BCUT2D eigenvalue weighted by atomic mass is 32.1. The number of hydrogen-bond donors (Lipinski definition) is 1. The van der Waals surface area contributed by atoms with E-state index in [0.717, 1.165) is 28.1 Å². The largest absolute Gasteiger partial charge is 0.496 e. The number of allylic oxidation sites excluding steroid dienone is 1. The molecule has 0 fully saturated rings. The number of ether oxygens (including phenoxy) is 2. The van der Waals surface area contributed by atoms with E-state index in [9.17, 15) is 4.79 Å². The number of anilines is 1. The summed E-state index contributed by atoms with van der Waals surface area (Å²) in [6.07, 6.45) is 0. The van der Waals surface area contributed by atoms with Gasteiger partial charge in [-0.2, -0.15) is 0 Å². The minimum atomic E-state index is -0.460. The fourth-order valence-electron chi connectivity index (χ4n) is 3.65. The molecule has 146 valence electrons. The van der Waals surface area contributed by atoms with Crippen LogP contribution < -0.4 is 15.0 Å². The highest BCUT2D eigenvalue weighted by Crippen LogP contribution is 2.37. The Labute approximate surface area is 170 Å². The van der Waals surface area contributed by atoms with Crippen LogP contribution in [0.2, 0.25) is 0 Å². The Balaban J connectivity index is 2.19. The minimum Gasteiger partial charge on any atom is -0.496 e. The number of benzene rings is 2. The molecule has 0 bridgehead atoms. The average molecular weight is 397 g/mol. The summed E-state index contributed by atoms with van der Waals surface area (Å²) in [5.74, 6) is 0.273. The topological polar surface area (TPSA) is 50.8 Å². The van der Waals surface area contributed by atoms with E-state index >= 15 is 0 Å². The molecular weight excluding hydrogens is 372 g/mol. The van der Waals surface area contributed by atoms with Crippen LogP contribution in [0.4, 0.5) is 5.69 Å². The molecule has 0 aromatic heterocycles. The van der Waals surface area contributed by atoms with Crippen molar-refractivity contribution in [1.29, 1.82) is 0 Å². The number of nitrogens with one attached hydrogen (secondary N) is 1. The predicted molar refractivity (Wildman–Crippen MR) is 115 cm³/mol. The number of hydrogen-bond acceptors (Lipinski definition) is 4. The van der Waals surface area contributed by atoms with E-state index in [4.69, 9.17) is 21.7 Å². The summed E-state index contributed by atoms with van der Waals surface area (Å²) in [4.78, 5) is 14.6. The van der Waals surface area contributed by atoms with E-state index in [2.05, 4.69) is 11.4 Å². The van der Waals surface area contributed by atoms with Gasteiger partial charge in [-0.15, -0.1) is 0 Å². The van der Waals surface area contributed by atoms with Gasteiger partial charge in [0, 0.05) is 16.9 Å². The molecule has 1 atom stereocenters. The van der Waals surface area contributed by atoms with Gasteiger partial charge in [0.25, 0.3) is 0 Å². The van der Waals surface area contributed by atoms with E-state index in [1.807, 2.05) is 62.1 Å². The van der Waals surface area contributed by atoms with Crippen LogP contribution in [0.15, 0.2) is 53.7 Å². The van der Waals surface area contributed by atoms with E-state index in [1.54, 1.807) is 7.11 Å². The maximum Gasteiger partial charge on any atom is 0.337 e. The molecule has 0 amide bonds. The first kappa shape index (κ1) is 19.9. The van der Waals surface area contributed by atoms with Crippen molar-refractivity contribution in [3.05, 3.63) is 70.4 Å². The lowest BCUT2D eigenvalue weighted by Crippen LogP contribution is -2.48. The second-order valence-electron chi connectivity index (χ2n) is 6.80. The number of para-hydroxylation sites is 1. The Morgan fingerprint density at radius 2 is 1.71 bits per heavy atom. The lowest BCUT2D eigenvalue weighted by atomic mass is 9.94. The normalized spacial score (nSPS) is 16.7. The number of nitrogens with zero attached hydrogens (tertiary/aromatic N) is 1. The number of aryl methyl sites for hydroxylation is 2. The summed E-state index contributed by atoms with van der Waals surface area (Å²) in [6.45, 7) is 5.96. The van der Waals surface area contributed by atoms with Gasteiger partial charge in [0.15, 0.2) is 5.11 Å². The van der Waals surface area contributed by atoms with Crippen molar-refractivity contribution in [3.8, 4) is 5.75 Å². The van der Waals surface area contributed by atoms with Crippen molar-refractivity contribution < 1.29 is 14.3 Å². The van der Waals surface area contributed by atoms with Gasteiger partial charge in [-0.3, -0.25) is 4.90 Å². The summed E-state index contributed by atoms with van der Waals surface area (Å²) >= 11 is 5.69. The Morgan fingerprint density at radius 1 is 1.07 bits per heavy atom. The predicted octanol–water partition coefficient (Wildman–Crippen LogP) is 4.19. The van der Waals surface area contributed by atoms with Crippen molar-refractivity contribution in [2.45, 2.75) is 26.8 Å². The quantitative estimate of drug-likeness (QED) is 0.618. The smallest absolute Gasteiger partial charge is 0.337 e. The van der Waals surface area contributed by atoms with E-state index < -0.39 is 12.0 Å². The van der Waals surface area contributed by atoms with Crippen molar-refractivity contribution in [2.75, 3.05) is 19.1 Å². The number of esters is 1. The fourth-order valence-corrected chi connectivity index (χ4v) is 4.01. The molecule has 0 saturated heterocycles. The Morgan fingerprint density at radius 3 is 2.32 bits per heavy atom. The maximum atomic E-state index is 12.7. The van der Waals surface area contributed by atoms with Crippen LogP contribution in [-0.4, -0.2) is 25.3 Å². The molecule has 0 saturated carbocycles. The highest BCUT2D eigenvalue weighted by Gasteiger charge is 2.36. The standard InChI is InChI=1S/C22H24N2O3S/c1-13-10-14(2)12-16(11-13)24-15(3)19(21(25)27-5)20(23-22(24)28)17-8-6-7-9-18(17)26-4/h6-12,20H,1-5H3,(H,23,28). The van der Waals surface area contributed by atoms with Crippen LogP contribution in [0.3, 0.4) is 0 Å². The van der Waals surface area contributed by atoms with Crippen molar-refractivity contribution in [2.24, 2.45) is 0 Å². The molecular formula is C22H24N2O3S. The number of thiocarbonyl (C=S) groups is 1. The molecule has 2 aromatic rings. The van der Waals surface area contributed by atoms with Gasteiger partial charge in [0.1, 0.15) is 5.75 Å². The SMILES string of the molecule is COC(=O)C1=C(C)N(c2cc(C)cc(C)c2)C(=S)NC1c1ccccc1OC. The molecule has 0 radical (unpaired) electrons. The zero-order valence-electron chi connectivity index (χ0n) is 16.7. The number of rotatable bonds is 4. The monoisotopic (exact) mass is 396 g/mol. The average Bonchev–Trinajstić information content (AvgIpc) is 2.66. The molecule has 5 nitrogen and oxygen atoms in total. The molecule has 1 aliphatic rings. The lowest BCUT2D eigenvalue weighted by Gasteiger charge is -2.38. The molecule has 1 N–H and O–H groups in total. The molecule has 3 rings (SSSR count). The number of carbonyl (C=O) groups excluding carboxylic acids is 1. The fraction of sp³-hybridized carbons (Fsp3) is 0.273. The van der Waals surface area contributed by atoms with Crippen LogP contribution >= 0.6 is 12.2 Å². The summed E-state index contributed by atoms with van der Waals surface area (Å²) in [6, 6.07) is 13.3. The maximum absolute atomic E-state index is 12.7. The first-order valence-electron chi connectivity index (χ1n) is 8.98. The van der Waals surface area contributed by atoms with Crippen LogP contribution in [0, 0.1) is 13.8 Å². The molecule has 1 unspecified atom stereocenters. The third kappa shape index (κ3) is 3.60. The van der Waals surface area contributed by atoms with Gasteiger partial charge >= 0.3 is 5.97 Å². The molecule has 0 aliphatic carbocycles. The molecule has 1 aliphatic heterocycles. The Bertz CT molecular complexity index is 948. The summed E-state index contributed by atoms with van der Waals surface area (Å²) < 4.78 is 10.6. The second-order valence-corrected chi connectivity index (χ2v) is 7.18. The van der Waals surface area contributed by atoms with Crippen LogP contribution in [0.25, 0.3) is 0 Å². The number of carbonyl (C=O) groups is 1. The van der Waals surface area contributed by atoms with Gasteiger partial charge in [0.05, 0.1) is 25.8 Å². The Kier molecular flexibility index (Phi) is 5.70. The van der Waals surface area contributed by atoms with Crippen LogP contribution in [0.5, 0.6) is 5.75 Å². The zero-order chi connectivity index (χ0) is 20.4. The summed E-state index contributed by atoms with van der Waals surface area (Å²) in [7, 11) is 2.99. The third-order valence-corrected chi connectivity index (χ3v) is 5.11. The van der Waals surface area contributed by atoms with E-state index in [1.165, 1.54) is 7.11 Å². The first-order valence-corrected chi connectivity index (χ1v) is 9.39. The first-order chi connectivity index (χ1) is 13.4. The minimum absolute atomic E-state index is 0.405. The van der Waals surface area contributed by atoms with Gasteiger partial charge < -0.3 is 14.8 Å². The third-order valence-electron chi connectivity index (χ3n) is 4.80. The van der Waals surface area contributed by atoms with Gasteiger partial charge in [-0.05, 0) is 62.3 Å². The lowest BCUT2D eigenvalue weighted by molar-refractivity contribution is -0.136. The van der Waals surface area contributed by atoms with Crippen molar-refractivity contribution in [3.63, 3.8) is 0 Å². The summed E-state index contributed by atoms with van der Waals surface area (Å²) in [5, 5.41) is 3.83. The van der Waals surface area contributed by atoms with Crippen molar-refractivity contribution >= 4 is 29.0 Å². The van der Waals surface area contributed by atoms with Gasteiger partial charge in [0.2, 0.25) is 0 Å². The zero-order valence-corrected chi connectivity index (χ0v) is 17.5. The van der Waals surface area contributed by atoms with E-state index in [0.29, 0.717) is 16.4 Å². The van der Waals surface area contributed by atoms with Crippen LogP contribution in [0.1, 0.15) is 29.7 Å². The molecule has 2 aromatic carbocycles. The molecule has 1 heterocycles. The summed E-state index contributed by atoms with van der Waals surface area (Å²) in [5.41, 5.74) is 5.21. The highest BCUT2D eigenvalue weighted by molar-refractivity contribution is 7.80.